The summed E-state index contributed by atoms with van der Waals surface area (Å²) < 4.78 is 0. The summed E-state index contributed by atoms with van der Waals surface area (Å²) in [6.07, 6.45) is 2.95. The van der Waals surface area contributed by atoms with Crippen molar-refractivity contribution in [3.8, 4) is 0 Å². The molecule has 2 rings (SSSR count). The highest BCUT2D eigenvalue weighted by atomic mass is 16.3. The van der Waals surface area contributed by atoms with Crippen LogP contribution in [0.2, 0.25) is 0 Å². The second kappa shape index (κ2) is 4.88. The van der Waals surface area contributed by atoms with E-state index in [0.717, 1.165) is 32.4 Å². The van der Waals surface area contributed by atoms with Crippen molar-refractivity contribution in [2.24, 2.45) is 0 Å². The fraction of sp³-hybridized carbons (Fsp3) is 0.571. The number of aliphatic hydroxyl groups is 1. The van der Waals surface area contributed by atoms with Gasteiger partial charge < -0.3 is 10.0 Å². The highest BCUT2D eigenvalue weighted by molar-refractivity contribution is 5.59. The summed E-state index contributed by atoms with van der Waals surface area (Å²) in [5.41, 5.74) is 4.08. The highest BCUT2D eigenvalue weighted by Crippen LogP contribution is 2.28. The van der Waals surface area contributed by atoms with Gasteiger partial charge in [-0.25, -0.2) is 0 Å². The molecule has 0 radical (unpaired) electrons. The average Bonchev–Trinajstić information content (AvgIpc) is 2.28. The fourth-order valence-corrected chi connectivity index (χ4v) is 2.62. The predicted octanol–water partition coefficient (Wildman–Crippen LogP) is 2.52. The van der Waals surface area contributed by atoms with Gasteiger partial charge in [-0.15, -0.1) is 0 Å². The number of nitrogens with zero attached hydrogens (tertiary/aromatic N) is 1. The molecule has 0 aliphatic carbocycles. The molecule has 0 saturated carbocycles. The van der Waals surface area contributed by atoms with Crippen molar-refractivity contribution in [2.75, 3.05) is 18.0 Å². The minimum absolute atomic E-state index is 0.155. The molecule has 88 valence electrons. The van der Waals surface area contributed by atoms with Gasteiger partial charge in [0.05, 0.1) is 6.10 Å². The molecule has 1 aliphatic rings. The van der Waals surface area contributed by atoms with Crippen molar-refractivity contribution in [2.45, 2.75) is 39.2 Å². The van der Waals surface area contributed by atoms with E-state index in [9.17, 15) is 5.11 Å². The monoisotopic (exact) mass is 219 g/mol. The number of piperidine rings is 1. The quantitative estimate of drug-likeness (QED) is 0.826. The van der Waals surface area contributed by atoms with Crippen LogP contribution in [0.4, 0.5) is 5.69 Å². The zero-order valence-electron chi connectivity index (χ0n) is 10.2. The second-order valence-corrected chi connectivity index (χ2v) is 4.68. The van der Waals surface area contributed by atoms with Gasteiger partial charge in [0.2, 0.25) is 0 Å². The molecule has 2 nitrogen and oxygen atoms in total. The van der Waals surface area contributed by atoms with Crippen molar-refractivity contribution in [1.29, 1.82) is 0 Å². The standard InChI is InChI=1S/C14H21NO/c1-3-12-7-4-6-11(2)14(12)15-9-5-8-13(16)10-15/h4,6-7,13,16H,3,5,8-10H2,1-2H3. The SMILES string of the molecule is CCc1cccc(C)c1N1CCCC(O)C1. The molecule has 1 unspecified atom stereocenters. The number of hydrogen-bond acceptors (Lipinski definition) is 2. The van der Waals surface area contributed by atoms with Crippen LogP contribution in [0, 0.1) is 6.92 Å². The first kappa shape index (κ1) is 11.5. The lowest BCUT2D eigenvalue weighted by molar-refractivity contribution is 0.154. The molecule has 1 saturated heterocycles. The van der Waals surface area contributed by atoms with Crippen LogP contribution in [0.15, 0.2) is 18.2 Å². The van der Waals surface area contributed by atoms with E-state index in [1.165, 1.54) is 16.8 Å². The first-order valence-electron chi connectivity index (χ1n) is 6.24. The Bertz CT molecular complexity index is 362. The van der Waals surface area contributed by atoms with E-state index in [-0.39, 0.29) is 6.10 Å². The Hall–Kier alpha value is -1.02. The summed E-state index contributed by atoms with van der Waals surface area (Å²) in [6, 6.07) is 6.48. The van der Waals surface area contributed by atoms with Gasteiger partial charge >= 0.3 is 0 Å². The molecule has 1 atom stereocenters. The van der Waals surface area contributed by atoms with Gasteiger partial charge in [0.1, 0.15) is 0 Å². The van der Waals surface area contributed by atoms with Crippen molar-refractivity contribution < 1.29 is 5.11 Å². The van der Waals surface area contributed by atoms with E-state index < -0.39 is 0 Å². The van der Waals surface area contributed by atoms with Crippen molar-refractivity contribution in [1.82, 2.24) is 0 Å². The van der Waals surface area contributed by atoms with E-state index in [1.54, 1.807) is 0 Å². The molecule has 16 heavy (non-hydrogen) atoms. The van der Waals surface area contributed by atoms with E-state index in [0.29, 0.717) is 0 Å². The number of aliphatic hydroxyl groups excluding tert-OH is 1. The number of hydrogen-bond donors (Lipinski definition) is 1. The number of anilines is 1. The van der Waals surface area contributed by atoms with Crippen LogP contribution in [0.1, 0.15) is 30.9 Å². The smallest absolute Gasteiger partial charge is 0.0715 e. The lowest BCUT2D eigenvalue weighted by Crippen LogP contribution is -2.39. The molecular weight excluding hydrogens is 198 g/mol. The Balaban J connectivity index is 2.30. The Morgan fingerprint density at radius 3 is 2.94 bits per heavy atom. The van der Waals surface area contributed by atoms with E-state index >= 15 is 0 Å². The average molecular weight is 219 g/mol. The lowest BCUT2D eigenvalue weighted by atomic mass is 10.0. The number of aryl methyl sites for hydroxylation is 2. The van der Waals surface area contributed by atoms with Gasteiger partial charge in [0, 0.05) is 18.8 Å². The maximum absolute atomic E-state index is 9.75. The lowest BCUT2D eigenvalue weighted by Gasteiger charge is -2.34. The summed E-state index contributed by atoms with van der Waals surface area (Å²) in [4.78, 5) is 2.35. The zero-order valence-corrected chi connectivity index (χ0v) is 10.2. The van der Waals surface area contributed by atoms with Crippen LogP contribution in [-0.2, 0) is 6.42 Å². The molecule has 0 bridgehead atoms. The maximum atomic E-state index is 9.75. The summed E-state index contributed by atoms with van der Waals surface area (Å²) in [7, 11) is 0. The van der Waals surface area contributed by atoms with Gasteiger partial charge in [0.15, 0.2) is 0 Å². The number of rotatable bonds is 2. The van der Waals surface area contributed by atoms with E-state index in [1.807, 2.05) is 0 Å². The predicted molar refractivity (Wildman–Crippen MR) is 68.0 cm³/mol. The Morgan fingerprint density at radius 1 is 1.44 bits per heavy atom. The van der Waals surface area contributed by atoms with Crippen LogP contribution in [0.3, 0.4) is 0 Å². The molecule has 1 fully saturated rings. The molecule has 0 aromatic heterocycles. The Kier molecular flexibility index (Phi) is 3.49. The van der Waals surface area contributed by atoms with E-state index in [2.05, 4.69) is 36.9 Å². The number of para-hydroxylation sites is 1. The third-order valence-electron chi connectivity index (χ3n) is 3.41. The normalized spacial score (nSPS) is 21.2. The van der Waals surface area contributed by atoms with Gasteiger partial charge in [-0.2, -0.15) is 0 Å². The largest absolute Gasteiger partial charge is 0.391 e. The third-order valence-corrected chi connectivity index (χ3v) is 3.41. The minimum atomic E-state index is -0.155. The van der Waals surface area contributed by atoms with Crippen molar-refractivity contribution in [3.05, 3.63) is 29.3 Å². The summed E-state index contributed by atoms with van der Waals surface area (Å²) in [5, 5.41) is 9.75. The molecule has 1 heterocycles. The van der Waals surface area contributed by atoms with Crippen LogP contribution >= 0.6 is 0 Å². The molecule has 0 amide bonds. The Labute approximate surface area is 97.9 Å². The summed E-state index contributed by atoms with van der Waals surface area (Å²) in [5.74, 6) is 0. The summed E-state index contributed by atoms with van der Waals surface area (Å²) >= 11 is 0. The van der Waals surface area contributed by atoms with Crippen LogP contribution in [-0.4, -0.2) is 24.3 Å². The van der Waals surface area contributed by atoms with Crippen LogP contribution in [0.25, 0.3) is 0 Å². The molecule has 1 aromatic carbocycles. The number of benzene rings is 1. The highest BCUT2D eigenvalue weighted by Gasteiger charge is 2.20. The van der Waals surface area contributed by atoms with Crippen molar-refractivity contribution >= 4 is 5.69 Å². The third kappa shape index (κ3) is 2.22. The summed E-state index contributed by atoms with van der Waals surface area (Å²) in [6.45, 7) is 6.22. The van der Waals surface area contributed by atoms with Crippen molar-refractivity contribution in [3.63, 3.8) is 0 Å². The number of β-amino-alcohol motifs (C(OH)–C–C–N with tert-alkyl or cyclic N) is 1. The first-order chi connectivity index (χ1) is 7.72. The molecule has 1 N–H and O–H groups in total. The van der Waals surface area contributed by atoms with Crippen LogP contribution < -0.4 is 4.90 Å². The molecular formula is C14H21NO. The zero-order chi connectivity index (χ0) is 11.5. The van der Waals surface area contributed by atoms with E-state index in [4.69, 9.17) is 0 Å². The Morgan fingerprint density at radius 2 is 2.25 bits per heavy atom. The molecule has 1 aliphatic heterocycles. The molecule has 0 spiro atoms. The van der Waals surface area contributed by atoms with Gasteiger partial charge in [-0.1, -0.05) is 25.1 Å². The minimum Gasteiger partial charge on any atom is -0.391 e. The van der Waals surface area contributed by atoms with Crippen LogP contribution in [0.5, 0.6) is 0 Å². The topological polar surface area (TPSA) is 23.5 Å². The van der Waals surface area contributed by atoms with Gasteiger partial charge in [-0.3, -0.25) is 0 Å². The second-order valence-electron chi connectivity index (χ2n) is 4.68. The van der Waals surface area contributed by atoms with Gasteiger partial charge in [-0.05, 0) is 37.3 Å². The fourth-order valence-electron chi connectivity index (χ4n) is 2.62. The van der Waals surface area contributed by atoms with Gasteiger partial charge in [0.25, 0.3) is 0 Å². The molecule has 2 heteroatoms. The molecule has 1 aromatic rings. The maximum Gasteiger partial charge on any atom is 0.0715 e. The first-order valence-corrected chi connectivity index (χ1v) is 6.24.